The van der Waals surface area contributed by atoms with Crippen molar-refractivity contribution in [2.75, 3.05) is 20.1 Å². The van der Waals surface area contributed by atoms with Crippen molar-refractivity contribution >= 4 is 10.0 Å². The Morgan fingerprint density at radius 2 is 2.05 bits per heavy atom. The summed E-state index contributed by atoms with van der Waals surface area (Å²) in [6.07, 6.45) is 1.43. The van der Waals surface area contributed by atoms with Crippen LogP contribution < -0.4 is 4.72 Å². The molecular formula is C13H19FN2O3S. The lowest BCUT2D eigenvalue weighted by molar-refractivity contribution is 0.248. The van der Waals surface area contributed by atoms with Crippen LogP contribution >= 0.6 is 0 Å². The molecule has 0 aromatic heterocycles. The molecule has 0 spiro atoms. The first-order valence-corrected chi connectivity index (χ1v) is 8.01. The number of halogens is 1. The van der Waals surface area contributed by atoms with Gasteiger partial charge in [0.1, 0.15) is 10.7 Å². The first kappa shape index (κ1) is 15.4. The number of aliphatic hydroxyl groups is 1. The highest BCUT2D eigenvalue weighted by Gasteiger charge is 2.25. The molecule has 20 heavy (non-hydrogen) atoms. The highest BCUT2D eigenvalue weighted by atomic mass is 32.2. The maximum Gasteiger partial charge on any atom is 0.243 e. The van der Waals surface area contributed by atoms with Crippen LogP contribution in [0.1, 0.15) is 18.4 Å². The van der Waals surface area contributed by atoms with Gasteiger partial charge in [-0.25, -0.2) is 17.5 Å². The van der Waals surface area contributed by atoms with Crippen LogP contribution in [-0.2, 0) is 16.6 Å². The molecule has 0 bridgehead atoms. The zero-order valence-corrected chi connectivity index (χ0v) is 12.2. The summed E-state index contributed by atoms with van der Waals surface area (Å²) in [6.45, 7) is 1.32. The van der Waals surface area contributed by atoms with Crippen molar-refractivity contribution in [1.82, 2.24) is 9.62 Å². The van der Waals surface area contributed by atoms with E-state index >= 15 is 0 Å². The number of likely N-dealkylation sites (tertiary alicyclic amines) is 1. The minimum absolute atomic E-state index is 0.159. The number of rotatable bonds is 4. The second kappa shape index (κ2) is 6.17. The number of nitrogens with one attached hydrogen (secondary N) is 1. The molecule has 7 heteroatoms. The smallest absolute Gasteiger partial charge is 0.243 e. The number of benzene rings is 1. The van der Waals surface area contributed by atoms with Gasteiger partial charge >= 0.3 is 0 Å². The molecule has 2 rings (SSSR count). The van der Waals surface area contributed by atoms with Gasteiger partial charge in [-0.05, 0) is 50.7 Å². The zero-order chi connectivity index (χ0) is 14.8. The van der Waals surface area contributed by atoms with Crippen LogP contribution in [0, 0.1) is 5.82 Å². The molecule has 1 heterocycles. The van der Waals surface area contributed by atoms with Crippen LogP contribution in [0.15, 0.2) is 23.1 Å². The highest BCUT2D eigenvalue weighted by molar-refractivity contribution is 7.89. The third-order valence-electron chi connectivity index (χ3n) is 3.51. The molecule has 0 saturated carbocycles. The van der Waals surface area contributed by atoms with E-state index in [-0.39, 0.29) is 17.5 Å². The topological polar surface area (TPSA) is 69.6 Å². The van der Waals surface area contributed by atoms with Gasteiger partial charge in [0.25, 0.3) is 0 Å². The summed E-state index contributed by atoms with van der Waals surface area (Å²) in [4.78, 5) is 1.76. The van der Waals surface area contributed by atoms with E-state index in [1.807, 2.05) is 7.05 Å². The quantitative estimate of drug-likeness (QED) is 0.858. The van der Waals surface area contributed by atoms with E-state index in [1.54, 1.807) is 0 Å². The molecular weight excluding hydrogens is 283 g/mol. The molecule has 0 amide bonds. The van der Waals surface area contributed by atoms with Gasteiger partial charge in [-0.2, -0.15) is 0 Å². The van der Waals surface area contributed by atoms with Gasteiger partial charge in [-0.1, -0.05) is 6.07 Å². The third-order valence-corrected chi connectivity index (χ3v) is 5.06. The maximum atomic E-state index is 13.8. The Bertz CT molecular complexity index is 569. The summed E-state index contributed by atoms with van der Waals surface area (Å²) >= 11 is 0. The van der Waals surface area contributed by atoms with Crippen LogP contribution in [0.2, 0.25) is 0 Å². The Kier molecular flexibility index (Phi) is 4.74. The summed E-state index contributed by atoms with van der Waals surface area (Å²) in [5.74, 6) is -0.836. The van der Waals surface area contributed by atoms with Crippen molar-refractivity contribution in [1.29, 1.82) is 0 Å². The fourth-order valence-electron chi connectivity index (χ4n) is 2.27. The van der Waals surface area contributed by atoms with E-state index < -0.39 is 15.8 Å². The Morgan fingerprint density at radius 1 is 1.40 bits per heavy atom. The van der Waals surface area contributed by atoms with Crippen LogP contribution in [0.3, 0.4) is 0 Å². The molecule has 2 N–H and O–H groups in total. The lowest BCUT2D eigenvalue weighted by Crippen LogP contribution is -2.43. The number of nitrogens with zero attached hydrogens (tertiary/aromatic N) is 1. The van der Waals surface area contributed by atoms with Gasteiger partial charge in [0, 0.05) is 6.04 Å². The molecule has 112 valence electrons. The Hall–Kier alpha value is -1.02. The van der Waals surface area contributed by atoms with Crippen molar-refractivity contribution in [2.45, 2.75) is 30.4 Å². The minimum Gasteiger partial charge on any atom is -0.392 e. The number of piperidine rings is 1. The average Bonchev–Trinajstić information content (AvgIpc) is 2.40. The van der Waals surface area contributed by atoms with E-state index in [9.17, 15) is 12.8 Å². The van der Waals surface area contributed by atoms with Gasteiger partial charge in [0.15, 0.2) is 0 Å². The summed E-state index contributed by atoms with van der Waals surface area (Å²) in [7, 11) is -1.87. The minimum atomic E-state index is -3.86. The monoisotopic (exact) mass is 302 g/mol. The van der Waals surface area contributed by atoms with E-state index in [0.29, 0.717) is 18.4 Å². The molecule has 1 fully saturated rings. The zero-order valence-electron chi connectivity index (χ0n) is 11.3. The Labute approximate surface area is 118 Å². The largest absolute Gasteiger partial charge is 0.392 e. The molecule has 1 aliphatic rings. The van der Waals surface area contributed by atoms with E-state index in [1.165, 1.54) is 12.1 Å². The van der Waals surface area contributed by atoms with Crippen molar-refractivity contribution in [3.63, 3.8) is 0 Å². The molecule has 1 aromatic rings. The van der Waals surface area contributed by atoms with Crippen molar-refractivity contribution in [3.8, 4) is 0 Å². The van der Waals surface area contributed by atoms with Gasteiger partial charge in [0.2, 0.25) is 10.0 Å². The van der Waals surface area contributed by atoms with Crippen molar-refractivity contribution in [2.24, 2.45) is 0 Å². The van der Waals surface area contributed by atoms with Gasteiger partial charge in [-0.3, -0.25) is 0 Å². The lowest BCUT2D eigenvalue weighted by atomic mass is 10.1. The van der Waals surface area contributed by atoms with Crippen LogP contribution in [0.5, 0.6) is 0 Å². The summed E-state index contributed by atoms with van der Waals surface area (Å²) in [5.41, 5.74) is 0.348. The van der Waals surface area contributed by atoms with E-state index in [2.05, 4.69) is 9.62 Å². The van der Waals surface area contributed by atoms with Gasteiger partial charge < -0.3 is 10.0 Å². The van der Waals surface area contributed by atoms with Crippen molar-refractivity contribution < 1.29 is 17.9 Å². The van der Waals surface area contributed by atoms with Gasteiger partial charge in [0.05, 0.1) is 6.61 Å². The molecule has 0 unspecified atom stereocenters. The number of hydrogen-bond donors (Lipinski definition) is 2. The van der Waals surface area contributed by atoms with Crippen LogP contribution in [-0.4, -0.2) is 44.6 Å². The average molecular weight is 302 g/mol. The summed E-state index contributed by atoms with van der Waals surface area (Å²) in [5, 5.41) is 8.91. The second-order valence-electron chi connectivity index (χ2n) is 5.12. The Morgan fingerprint density at radius 3 is 2.60 bits per heavy atom. The first-order chi connectivity index (χ1) is 9.42. The lowest BCUT2D eigenvalue weighted by Gasteiger charge is -2.29. The highest BCUT2D eigenvalue weighted by Crippen LogP contribution is 2.18. The molecule has 0 radical (unpaired) electrons. The molecule has 0 atom stereocenters. The standard InChI is InChI=1S/C13H19FN2O3S/c1-16-6-4-11(5-7-16)15-20(18,19)13-3-2-10(9-17)8-12(13)14/h2-3,8,11,15,17H,4-7,9H2,1H3. The number of aliphatic hydroxyl groups excluding tert-OH is 1. The predicted octanol–water partition coefficient (Wildman–Crippen LogP) is 0.691. The molecule has 1 aromatic carbocycles. The molecule has 0 aliphatic carbocycles. The van der Waals surface area contributed by atoms with Crippen LogP contribution in [0.25, 0.3) is 0 Å². The first-order valence-electron chi connectivity index (χ1n) is 6.52. The fraction of sp³-hybridized carbons (Fsp3) is 0.538. The normalized spacial score (nSPS) is 18.4. The number of sulfonamides is 1. The van der Waals surface area contributed by atoms with E-state index in [4.69, 9.17) is 5.11 Å². The predicted molar refractivity (Wildman–Crippen MR) is 73.2 cm³/mol. The SMILES string of the molecule is CN1CCC(NS(=O)(=O)c2ccc(CO)cc2F)CC1. The van der Waals surface area contributed by atoms with Crippen molar-refractivity contribution in [3.05, 3.63) is 29.6 Å². The second-order valence-corrected chi connectivity index (χ2v) is 6.80. The fourth-order valence-corrected chi connectivity index (χ4v) is 3.63. The summed E-state index contributed by atoms with van der Waals surface area (Å²) < 4.78 is 40.7. The maximum absolute atomic E-state index is 13.8. The molecule has 5 nitrogen and oxygen atoms in total. The molecule has 1 aliphatic heterocycles. The third kappa shape index (κ3) is 3.54. The number of hydrogen-bond acceptors (Lipinski definition) is 4. The summed E-state index contributed by atoms with van der Waals surface area (Å²) in [6, 6.07) is 3.49. The van der Waals surface area contributed by atoms with Gasteiger partial charge in [-0.15, -0.1) is 0 Å². The van der Waals surface area contributed by atoms with Crippen LogP contribution in [0.4, 0.5) is 4.39 Å². The van der Waals surface area contributed by atoms with E-state index in [0.717, 1.165) is 19.2 Å². The molecule has 1 saturated heterocycles. The Balaban J connectivity index is 2.14.